The molecule has 1 aliphatic heterocycles. The maximum Gasteiger partial charge on any atom is 0.0713 e. The molecule has 19 heavy (non-hydrogen) atoms. The van der Waals surface area contributed by atoms with Gasteiger partial charge in [0.25, 0.3) is 0 Å². The molecular weight excluding hydrogens is 236 g/mol. The zero-order valence-corrected chi connectivity index (χ0v) is 12.4. The van der Waals surface area contributed by atoms with Gasteiger partial charge in [-0.25, -0.2) is 0 Å². The van der Waals surface area contributed by atoms with Crippen LogP contribution < -0.4 is 5.32 Å². The van der Waals surface area contributed by atoms with Crippen molar-refractivity contribution in [1.82, 2.24) is 4.90 Å². The Kier molecular flexibility index (Phi) is 5.23. The van der Waals surface area contributed by atoms with Gasteiger partial charge in [-0.1, -0.05) is 12.1 Å². The van der Waals surface area contributed by atoms with Crippen LogP contribution in [0.15, 0.2) is 24.3 Å². The molecular formula is C16H26N2O. The average Bonchev–Trinajstić information content (AvgIpc) is 2.40. The van der Waals surface area contributed by atoms with E-state index in [2.05, 4.69) is 48.3 Å². The fraction of sp³-hybridized carbons (Fsp3) is 0.625. The highest BCUT2D eigenvalue weighted by Gasteiger charge is 2.20. The molecule has 1 N–H and O–H groups in total. The Morgan fingerprint density at radius 2 is 2.05 bits per heavy atom. The zero-order chi connectivity index (χ0) is 13.7. The smallest absolute Gasteiger partial charge is 0.0713 e. The Balaban J connectivity index is 1.86. The standard InChI is InChI=1S/C16H26N2O/c1-13(2)18-9-7-15(8-10-18)17-16-6-4-5-14(11-16)12-19-3/h4-6,11,13,15,17H,7-10,12H2,1-3H3. The molecule has 0 aliphatic carbocycles. The van der Waals surface area contributed by atoms with Gasteiger partial charge in [0.1, 0.15) is 0 Å². The van der Waals surface area contributed by atoms with E-state index in [4.69, 9.17) is 4.74 Å². The molecule has 0 spiro atoms. The van der Waals surface area contributed by atoms with E-state index in [1.54, 1.807) is 7.11 Å². The third-order valence-electron chi connectivity index (χ3n) is 3.87. The summed E-state index contributed by atoms with van der Waals surface area (Å²) in [6.45, 7) is 7.64. The van der Waals surface area contributed by atoms with Gasteiger partial charge in [0.15, 0.2) is 0 Å². The summed E-state index contributed by atoms with van der Waals surface area (Å²) in [6.07, 6.45) is 2.46. The summed E-state index contributed by atoms with van der Waals surface area (Å²) in [6, 6.07) is 9.82. The van der Waals surface area contributed by atoms with Gasteiger partial charge in [0.05, 0.1) is 6.61 Å². The first-order valence-corrected chi connectivity index (χ1v) is 7.27. The summed E-state index contributed by atoms with van der Waals surface area (Å²) in [5.41, 5.74) is 2.45. The van der Waals surface area contributed by atoms with Crippen molar-refractivity contribution in [2.75, 3.05) is 25.5 Å². The third kappa shape index (κ3) is 4.22. The summed E-state index contributed by atoms with van der Waals surface area (Å²) < 4.78 is 5.18. The van der Waals surface area contributed by atoms with Crippen molar-refractivity contribution >= 4 is 5.69 Å². The monoisotopic (exact) mass is 262 g/mol. The van der Waals surface area contributed by atoms with Crippen LogP contribution in [0.2, 0.25) is 0 Å². The first-order valence-electron chi connectivity index (χ1n) is 7.27. The van der Waals surface area contributed by atoms with Crippen LogP contribution in [-0.4, -0.2) is 37.2 Å². The van der Waals surface area contributed by atoms with E-state index in [1.807, 2.05) is 0 Å². The first kappa shape index (κ1) is 14.4. The van der Waals surface area contributed by atoms with Crippen molar-refractivity contribution in [3.63, 3.8) is 0 Å². The topological polar surface area (TPSA) is 24.5 Å². The molecule has 0 aromatic heterocycles. The fourth-order valence-electron chi connectivity index (χ4n) is 2.71. The van der Waals surface area contributed by atoms with Crippen LogP contribution in [0.4, 0.5) is 5.69 Å². The van der Waals surface area contributed by atoms with E-state index in [0.29, 0.717) is 18.7 Å². The van der Waals surface area contributed by atoms with E-state index in [1.165, 1.54) is 37.2 Å². The van der Waals surface area contributed by atoms with E-state index in [-0.39, 0.29) is 0 Å². The quantitative estimate of drug-likeness (QED) is 0.882. The minimum absolute atomic E-state index is 0.604. The molecule has 1 heterocycles. The molecule has 0 unspecified atom stereocenters. The van der Waals surface area contributed by atoms with Crippen LogP contribution >= 0.6 is 0 Å². The molecule has 1 saturated heterocycles. The molecule has 0 bridgehead atoms. The summed E-state index contributed by atoms with van der Waals surface area (Å²) in [5.74, 6) is 0. The minimum atomic E-state index is 0.604. The molecule has 3 nitrogen and oxygen atoms in total. The Bertz CT molecular complexity index is 384. The zero-order valence-electron chi connectivity index (χ0n) is 12.4. The second kappa shape index (κ2) is 6.92. The Labute approximate surface area is 116 Å². The summed E-state index contributed by atoms with van der Waals surface area (Å²) in [7, 11) is 1.74. The van der Waals surface area contributed by atoms with E-state index >= 15 is 0 Å². The molecule has 3 heteroatoms. The SMILES string of the molecule is COCc1cccc(NC2CCN(C(C)C)CC2)c1. The maximum absolute atomic E-state index is 5.18. The lowest BCUT2D eigenvalue weighted by molar-refractivity contribution is 0.177. The number of hydrogen-bond donors (Lipinski definition) is 1. The van der Waals surface area contributed by atoms with Crippen LogP contribution in [0.1, 0.15) is 32.3 Å². The lowest BCUT2D eigenvalue weighted by Crippen LogP contribution is -2.42. The molecule has 0 radical (unpaired) electrons. The second-order valence-corrected chi connectivity index (χ2v) is 5.68. The summed E-state index contributed by atoms with van der Waals surface area (Å²) >= 11 is 0. The molecule has 1 aliphatic rings. The number of methoxy groups -OCH3 is 1. The fourth-order valence-corrected chi connectivity index (χ4v) is 2.71. The van der Waals surface area contributed by atoms with Crippen LogP contribution in [0, 0.1) is 0 Å². The van der Waals surface area contributed by atoms with Gasteiger partial charge in [-0.05, 0) is 44.4 Å². The molecule has 1 aromatic rings. The van der Waals surface area contributed by atoms with E-state index in [0.717, 1.165) is 0 Å². The normalized spacial score (nSPS) is 17.9. The Morgan fingerprint density at radius 3 is 2.68 bits per heavy atom. The highest BCUT2D eigenvalue weighted by Crippen LogP contribution is 2.19. The van der Waals surface area contributed by atoms with Crippen molar-refractivity contribution in [2.45, 2.75) is 45.4 Å². The average molecular weight is 262 g/mol. The van der Waals surface area contributed by atoms with Gasteiger partial charge in [-0.3, -0.25) is 0 Å². The van der Waals surface area contributed by atoms with Crippen LogP contribution in [0.3, 0.4) is 0 Å². The third-order valence-corrected chi connectivity index (χ3v) is 3.87. The number of benzene rings is 1. The number of hydrogen-bond acceptors (Lipinski definition) is 3. The van der Waals surface area contributed by atoms with E-state index < -0.39 is 0 Å². The molecule has 1 aromatic carbocycles. The van der Waals surface area contributed by atoms with Gasteiger partial charge >= 0.3 is 0 Å². The molecule has 2 rings (SSSR count). The van der Waals surface area contributed by atoms with Crippen LogP contribution in [0.5, 0.6) is 0 Å². The molecule has 1 fully saturated rings. The Hall–Kier alpha value is -1.06. The second-order valence-electron chi connectivity index (χ2n) is 5.68. The molecule has 0 amide bonds. The number of anilines is 1. The summed E-state index contributed by atoms with van der Waals surface area (Å²) in [5, 5.41) is 3.66. The van der Waals surface area contributed by atoms with Gasteiger partial charge in [0, 0.05) is 38.0 Å². The number of ether oxygens (including phenoxy) is 1. The lowest BCUT2D eigenvalue weighted by atomic mass is 10.0. The van der Waals surface area contributed by atoms with Gasteiger partial charge in [0.2, 0.25) is 0 Å². The van der Waals surface area contributed by atoms with Crippen molar-refractivity contribution in [3.8, 4) is 0 Å². The van der Waals surface area contributed by atoms with Crippen LogP contribution in [0.25, 0.3) is 0 Å². The van der Waals surface area contributed by atoms with Crippen molar-refractivity contribution in [1.29, 1.82) is 0 Å². The van der Waals surface area contributed by atoms with Gasteiger partial charge in [-0.15, -0.1) is 0 Å². The molecule has 0 atom stereocenters. The lowest BCUT2D eigenvalue weighted by Gasteiger charge is -2.35. The summed E-state index contributed by atoms with van der Waals surface area (Å²) in [4.78, 5) is 2.56. The highest BCUT2D eigenvalue weighted by molar-refractivity contribution is 5.46. The maximum atomic E-state index is 5.18. The number of likely N-dealkylation sites (tertiary alicyclic amines) is 1. The number of nitrogens with one attached hydrogen (secondary N) is 1. The molecule has 106 valence electrons. The van der Waals surface area contributed by atoms with Gasteiger partial charge in [-0.2, -0.15) is 0 Å². The van der Waals surface area contributed by atoms with Crippen molar-refractivity contribution < 1.29 is 4.74 Å². The predicted octanol–water partition coefficient (Wildman–Crippen LogP) is 3.12. The first-order chi connectivity index (χ1) is 9.19. The van der Waals surface area contributed by atoms with Gasteiger partial charge < -0.3 is 15.0 Å². The molecule has 0 saturated carbocycles. The largest absolute Gasteiger partial charge is 0.382 e. The number of piperidine rings is 1. The minimum Gasteiger partial charge on any atom is -0.382 e. The number of nitrogens with zero attached hydrogens (tertiary/aromatic N) is 1. The highest BCUT2D eigenvalue weighted by atomic mass is 16.5. The number of rotatable bonds is 5. The predicted molar refractivity (Wildman–Crippen MR) is 80.5 cm³/mol. The van der Waals surface area contributed by atoms with Crippen LogP contribution in [-0.2, 0) is 11.3 Å². The van der Waals surface area contributed by atoms with Crippen molar-refractivity contribution in [3.05, 3.63) is 29.8 Å². The van der Waals surface area contributed by atoms with E-state index in [9.17, 15) is 0 Å². The Morgan fingerprint density at radius 1 is 1.32 bits per heavy atom. The van der Waals surface area contributed by atoms with Crippen molar-refractivity contribution in [2.24, 2.45) is 0 Å².